The van der Waals surface area contributed by atoms with Crippen LogP contribution < -0.4 is 16.0 Å². The number of carbonyl (C=O) groups is 1. The molecule has 0 aromatic heterocycles. The molecule has 0 spiro atoms. The molecule has 1 amide bonds. The number of nitrogen functional groups attached to an aromatic ring is 1. The Morgan fingerprint density at radius 3 is 2.62 bits per heavy atom. The maximum atomic E-state index is 12.5. The fourth-order valence-electron chi connectivity index (χ4n) is 2.09. The summed E-state index contributed by atoms with van der Waals surface area (Å²) in [6.45, 7) is 1.85. The van der Waals surface area contributed by atoms with E-state index in [-0.39, 0.29) is 5.91 Å². The van der Waals surface area contributed by atoms with E-state index >= 15 is 0 Å². The van der Waals surface area contributed by atoms with E-state index in [4.69, 9.17) is 5.73 Å². The van der Waals surface area contributed by atoms with Gasteiger partial charge < -0.3 is 16.0 Å². The maximum absolute atomic E-state index is 12.5. The van der Waals surface area contributed by atoms with Gasteiger partial charge in [0.1, 0.15) is 0 Å². The van der Waals surface area contributed by atoms with Crippen LogP contribution in [0.2, 0.25) is 0 Å². The van der Waals surface area contributed by atoms with Gasteiger partial charge in [-0.2, -0.15) is 0 Å². The quantitative estimate of drug-likeness (QED) is 0.833. The van der Waals surface area contributed by atoms with Crippen LogP contribution in [-0.4, -0.2) is 20.0 Å². The molecule has 21 heavy (non-hydrogen) atoms. The number of benzene rings is 2. The molecule has 4 nitrogen and oxygen atoms in total. The Hall–Kier alpha value is -2.01. The molecule has 110 valence electrons. The molecule has 0 fully saturated rings. The minimum absolute atomic E-state index is 0.166. The first-order valence-electron chi connectivity index (χ1n) is 6.53. The molecule has 3 N–H and O–H groups in total. The molecule has 5 heteroatoms. The predicted octanol–water partition coefficient (Wildman–Crippen LogP) is 3.66. The van der Waals surface area contributed by atoms with E-state index in [1.54, 1.807) is 18.2 Å². The molecule has 0 atom stereocenters. The van der Waals surface area contributed by atoms with Crippen molar-refractivity contribution in [2.75, 3.05) is 30.0 Å². The maximum Gasteiger partial charge on any atom is 0.256 e. The minimum atomic E-state index is -0.166. The number of halogens is 1. The average Bonchev–Trinajstić information content (AvgIpc) is 2.41. The molecule has 0 aliphatic rings. The van der Waals surface area contributed by atoms with Gasteiger partial charge in [0, 0.05) is 29.8 Å². The highest BCUT2D eigenvalue weighted by Crippen LogP contribution is 2.29. The van der Waals surface area contributed by atoms with Crippen LogP contribution in [0.3, 0.4) is 0 Å². The van der Waals surface area contributed by atoms with Gasteiger partial charge in [-0.1, -0.05) is 22.0 Å². The van der Waals surface area contributed by atoms with Crippen molar-refractivity contribution in [3.05, 3.63) is 52.0 Å². The molecule has 0 aliphatic carbocycles. The number of rotatable bonds is 3. The van der Waals surface area contributed by atoms with Gasteiger partial charge in [-0.15, -0.1) is 0 Å². The molecule has 2 aromatic carbocycles. The van der Waals surface area contributed by atoms with Crippen molar-refractivity contribution in [3.63, 3.8) is 0 Å². The summed E-state index contributed by atoms with van der Waals surface area (Å²) in [5.74, 6) is -0.166. The van der Waals surface area contributed by atoms with Crippen LogP contribution in [0, 0.1) is 6.92 Å². The first kappa shape index (κ1) is 15.4. The van der Waals surface area contributed by atoms with Crippen molar-refractivity contribution in [1.29, 1.82) is 0 Å². The van der Waals surface area contributed by atoms with Crippen LogP contribution in [0.1, 0.15) is 15.9 Å². The summed E-state index contributed by atoms with van der Waals surface area (Å²) in [7, 11) is 3.87. The summed E-state index contributed by atoms with van der Waals surface area (Å²) in [4.78, 5) is 14.4. The number of hydrogen-bond acceptors (Lipinski definition) is 3. The zero-order valence-electron chi connectivity index (χ0n) is 12.3. The van der Waals surface area contributed by atoms with Crippen molar-refractivity contribution in [1.82, 2.24) is 0 Å². The molecular formula is C16H18BrN3O. The molecule has 0 radical (unpaired) electrons. The standard InChI is InChI=1S/C16H18BrN3O/c1-10-12(5-4-6-13(10)18)16(21)19-14-9-11(17)7-8-15(14)20(2)3/h4-9H,18H2,1-3H3,(H,19,21). The van der Waals surface area contributed by atoms with Gasteiger partial charge in [0.2, 0.25) is 0 Å². The Bertz CT molecular complexity index is 683. The molecule has 2 rings (SSSR count). The van der Waals surface area contributed by atoms with Gasteiger partial charge in [0.15, 0.2) is 0 Å². The minimum Gasteiger partial charge on any atom is -0.398 e. The third-order valence-electron chi connectivity index (χ3n) is 3.31. The van der Waals surface area contributed by atoms with E-state index in [1.807, 2.05) is 44.1 Å². The molecule has 0 heterocycles. The lowest BCUT2D eigenvalue weighted by Crippen LogP contribution is -2.17. The molecule has 0 saturated carbocycles. The molecule has 2 aromatic rings. The summed E-state index contributed by atoms with van der Waals surface area (Å²) >= 11 is 3.43. The summed E-state index contributed by atoms with van der Waals surface area (Å²) in [5, 5.41) is 2.95. The number of carbonyl (C=O) groups excluding carboxylic acids is 1. The van der Waals surface area contributed by atoms with E-state index in [0.29, 0.717) is 11.3 Å². The lowest BCUT2D eigenvalue weighted by Gasteiger charge is -2.18. The Morgan fingerprint density at radius 1 is 1.24 bits per heavy atom. The molecule has 0 unspecified atom stereocenters. The fourth-order valence-corrected chi connectivity index (χ4v) is 2.45. The van der Waals surface area contributed by atoms with Crippen LogP contribution >= 0.6 is 15.9 Å². The van der Waals surface area contributed by atoms with Gasteiger partial charge in [-0.05, 0) is 42.8 Å². The van der Waals surface area contributed by atoms with Crippen LogP contribution in [0.5, 0.6) is 0 Å². The predicted molar refractivity (Wildman–Crippen MR) is 92.0 cm³/mol. The van der Waals surface area contributed by atoms with Crippen LogP contribution in [0.4, 0.5) is 17.1 Å². The Morgan fingerprint density at radius 2 is 1.95 bits per heavy atom. The van der Waals surface area contributed by atoms with E-state index in [0.717, 1.165) is 21.4 Å². The monoisotopic (exact) mass is 347 g/mol. The highest BCUT2D eigenvalue weighted by atomic mass is 79.9. The number of anilines is 3. The van der Waals surface area contributed by atoms with Crippen LogP contribution in [0.15, 0.2) is 40.9 Å². The van der Waals surface area contributed by atoms with Crippen molar-refractivity contribution in [3.8, 4) is 0 Å². The summed E-state index contributed by atoms with van der Waals surface area (Å²) in [6.07, 6.45) is 0. The van der Waals surface area contributed by atoms with Gasteiger partial charge in [-0.3, -0.25) is 4.79 Å². The number of hydrogen-bond donors (Lipinski definition) is 2. The normalized spacial score (nSPS) is 10.3. The summed E-state index contributed by atoms with van der Waals surface area (Å²) < 4.78 is 0.910. The Labute approximate surface area is 133 Å². The second kappa shape index (κ2) is 6.18. The van der Waals surface area contributed by atoms with Gasteiger partial charge in [0.05, 0.1) is 11.4 Å². The average molecular weight is 348 g/mol. The Balaban J connectivity index is 2.36. The second-order valence-corrected chi connectivity index (χ2v) is 5.95. The molecular weight excluding hydrogens is 330 g/mol. The lowest BCUT2D eigenvalue weighted by atomic mass is 10.1. The largest absolute Gasteiger partial charge is 0.398 e. The molecule has 0 saturated heterocycles. The summed E-state index contributed by atoms with van der Waals surface area (Å²) in [6, 6.07) is 11.1. The van der Waals surface area contributed by atoms with E-state index < -0.39 is 0 Å². The zero-order chi connectivity index (χ0) is 15.6. The van der Waals surface area contributed by atoms with Crippen molar-refractivity contribution in [2.24, 2.45) is 0 Å². The second-order valence-electron chi connectivity index (χ2n) is 5.03. The first-order chi connectivity index (χ1) is 9.90. The van der Waals surface area contributed by atoms with Gasteiger partial charge in [-0.25, -0.2) is 0 Å². The van der Waals surface area contributed by atoms with Crippen LogP contribution in [-0.2, 0) is 0 Å². The number of nitrogens with one attached hydrogen (secondary N) is 1. The zero-order valence-corrected chi connectivity index (χ0v) is 13.9. The highest BCUT2D eigenvalue weighted by Gasteiger charge is 2.13. The van der Waals surface area contributed by atoms with E-state index in [9.17, 15) is 4.79 Å². The van der Waals surface area contributed by atoms with Gasteiger partial charge >= 0.3 is 0 Å². The van der Waals surface area contributed by atoms with E-state index in [1.165, 1.54) is 0 Å². The third-order valence-corrected chi connectivity index (χ3v) is 3.80. The SMILES string of the molecule is Cc1c(N)cccc1C(=O)Nc1cc(Br)ccc1N(C)C. The van der Waals surface area contributed by atoms with Crippen molar-refractivity contribution >= 4 is 38.9 Å². The first-order valence-corrected chi connectivity index (χ1v) is 7.32. The Kier molecular flexibility index (Phi) is 4.53. The van der Waals surface area contributed by atoms with E-state index in [2.05, 4.69) is 21.2 Å². The van der Waals surface area contributed by atoms with Crippen molar-refractivity contribution in [2.45, 2.75) is 6.92 Å². The smallest absolute Gasteiger partial charge is 0.256 e. The topological polar surface area (TPSA) is 58.4 Å². The van der Waals surface area contributed by atoms with Crippen molar-refractivity contribution < 1.29 is 4.79 Å². The fraction of sp³-hybridized carbons (Fsp3) is 0.188. The number of amides is 1. The lowest BCUT2D eigenvalue weighted by molar-refractivity contribution is 0.102. The third kappa shape index (κ3) is 3.36. The summed E-state index contributed by atoms with van der Waals surface area (Å²) in [5.41, 5.74) is 9.53. The number of nitrogens with two attached hydrogens (primary N) is 1. The van der Waals surface area contributed by atoms with Crippen LogP contribution in [0.25, 0.3) is 0 Å². The molecule has 0 bridgehead atoms. The number of nitrogens with zero attached hydrogens (tertiary/aromatic N) is 1. The highest BCUT2D eigenvalue weighted by molar-refractivity contribution is 9.10. The molecule has 0 aliphatic heterocycles. The van der Waals surface area contributed by atoms with Gasteiger partial charge in [0.25, 0.3) is 5.91 Å².